The molecule has 4 aromatic rings. The van der Waals surface area contributed by atoms with Gasteiger partial charge < -0.3 is 0 Å². The van der Waals surface area contributed by atoms with E-state index in [9.17, 15) is 0 Å². The second kappa shape index (κ2) is 10.1. The molecule has 182 valence electrons. The van der Waals surface area contributed by atoms with Gasteiger partial charge >= 0.3 is 207 Å². The van der Waals surface area contributed by atoms with E-state index in [0.717, 1.165) is 0 Å². The van der Waals surface area contributed by atoms with Gasteiger partial charge in [0.1, 0.15) is 0 Å². The molecule has 0 aromatic heterocycles. The molecular formula is C32H32Cl2SiZr. The van der Waals surface area contributed by atoms with E-state index in [4.69, 9.17) is 0 Å². The Labute approximate surface area is 229 Å². The zero-order valence-corrected chi connectivity index (χ0v) is 26.2. The van der Waals surface area contributed by atoms with E-state index in [-0.39, 0.29) is 24.8 Å². The van der Waals surface area contributed by atoms with Crippen LogP contribution in [-0.2, 0) is 17.4 Å². The van der Waals surface area contributed by atoms with E-state index < -0.39 is 17.4 Å². The first-order chi connectivity index (χ1) is 16.4. The molecule has 6 rings (SSSR count). The fourth-order valence-corrected chi connectivity index (χ4v) is 21.3. The van der Waals surface area contributed by atoms with Gasteiger partial charge in [0.15, 0.2) is 0 Å². The fraction of sp³-hybridized carbons (Fsp3) is 0.125. The van der Waals surface area contributed by atoms with Gasteiger partial charge in [0, 0.05) is 0 Å². The Hall–Kier alpha value is -1.96. The predicted molar refractivity (Wildman–Crippen MR) is 162 cm³/mol. The molecule has 4 aromatic carbocycles. The summed E-state index contributed by atoms with van der Waals surface area (Å²) in [7, 11) is 0. The summed E-state index contributed by atoms with van der Waals surface area (Å²) >= 11 is -3.35. The maximum absolute atomic E-state index is 3.35. The Morgan fingerprint density at radius 1 is 0.528 bits per heavy atom. The summed E-state index contributed by atoms with van der Waals surface area (Å²) in [6.45, 7) is 2.39. The van der Waals surface area contributed by atoms with E-state index >= 15 is 0 Å². The normalized spacial score (nSPS) is 17.6. The third-order valence-corrected chi connectivity index (χ3v) is 25.8. The summed E-state index contributed by atoms with van der Waals surface area (Å²) in [6, 6.07) is 35.6. The zero-order chi connectivity index (χ0) is 23.4. The Kier molecular flexibility index (Phi) is 7.58. The topological polar surface area (TPSA) is 0 Å². The molecule has 0 saturated heterocycles. The molecule has 2 aliphatic carbocycles. The quantitative estimate of drug-likeness (QED) is 0.203. The van der Waals surface area contributed by atoms with Crippen LogP contribution in [0.3, 0.4) is 0 Å². The summed E-state index contributed by atoms with van der Waals surface area (Å²) in [5.41, 5.74) is 11.3. The molecule has 0 spiro atoms. The molecule has 0 N–H and O–H groups in total. The van der Waals surface area contributed by atoms with Crippen molar-refractivity contribution in [2.75, 3.05) is 0 Å². The SMILES string of the molecule is Cl.Cl.[CH3][Zr]([CH3])(=[SiH2])([CH]1C=Cc2c(-c3ccccc3)cccc21)[CH]1C=Cc2c(-c3ccccc3)cccc21. The summed E-state index contributed by atoms with van der Waals surface area (Å²) in [5, 5.41) is 0. The van der Waals surface area contributed by atoms with Crippen LogP contribution in [0, 0.1) is 0 Å². The van der Waals surface area contributed by atoms with E-state index in [2.05, 4.69) is 138 Å². The Morgan fingerprint density at radius 2 is 0.917 bits per heavy atom. The first kappa shape index (κ1) is 27.1. The summed E-state index contributed by atoms with van der Waals surface area (Å²) in [5.74, 6) is 0. The molecule has 0 heterocycles. The van der Waals surface area contributed by atoms with Gasteiger partial charge in [-0.1, -0.05) is 0 Å². The minimum absolute atomic E-state index is 0. The summed E-state index contributed by atoms with van der Waals surface area (Å²) in [6.07, 6.45) is 9.91. The van der Waals surface area contributed by atoms with Crippen LogP contribution >= 0.6 is 24.8 Å². The van der Waals surface area contributed by atoms with Crippen molar-refractivity contribution in [2.24, 2.45) is 0 Å². The summed E-state index contributed by atoms with van der Waals surface area (Å²) < 4.78 is 6.44. The van der Waals surface area contributed by atoms with Crippen LogP contribution in [0.25, 0.3) is 34.4 Å². The van der Waals surface area contributed by atoms with Crippen LogP contribution in [0.1, 0.15) is 29.5 Å². The van der Waals surface area contributed by atoms with Crippen molar-refractivity contribution in [3.05, 3.63) is 131 Å². The molecule has 0 aliphatic heterocycles. The van der Waals surface area contributed by atoms with E-state index in [0.29, 0.717) is 7.25 Å². The third kappa shape index (κ3) is 4.37. The van der Waals surface area contributed by atoms with E-state index in [1.165, 1.54) is 44.5 Å². The van der Waals surface area contributed by atoms with Crippen molar-refractivity contribution in [1.82, 2.24) is 0 Å². The molecule has 4 heteroatoms. The molecule has 0 nitrogen and oxygen atoms in total. The Balaban J connectivity index is 0.00000152. The van der Waals surface area contributed by atoms with Crippen LogP contribution in [0.5, 0.6) is 0 Å². The van der Waals surface area contributed by atoms with Crippen LogP contribution in [0.15, 0.2) is 109 Å². The zero-order valence-electron chi connectivity index (χ0n) is 20.7. The van der Waals surface area contributed by atoms with Gasteiger partial charge in [-0.05, 0) is 0 Å². The van der Waals surface area contributed by atoms with E-state index in [1.54, 1.807) is 0 Å². The van der Waals surface area contributed by atoms with Crippen molar-refractivity contribution < 1.29 is 17.4 Å². The average Bonchev–Trinajstić information content (AvgIpc) is 3.51. The number of hydrogen-bond acceptors (Lipinski definition) is 0. The second-order valence-corrected chi connectivity index (χ2v) is 41.7. The van der Waals surface area contributed by atoms with E-state index in [1.807, 2.05) is 0 Å². The number of halogens is 2. The van der Waals surface area contributed by atoms with Crippen LogP contribution in [0.2, 0.25) is 9.26 Å². The van der Waals surface area contributed by atoms with Gasteiger partial charge in [-0.3, -0.25) is 0 Å². The monoisotopic (exact) mass is 604 g/mol. The number of benzene rings is 4. The number of rotatable bonds is 4. The van der Waals surface area contributed by atoms with Crippen molar-refractivity contribution >= 4 is 43.8 Å². The number of allylic oxidation sites excluding steroid dienone is 2. The molecule has 0 saturated carbocycles. The third-order valence-electron chi connectivity index (χ3n) is 8.07. The summed E-state index contributed by atoms with van der Waals surface area (Å²) in [4.78, 5) is 0. The molecule has 36 heavy (non-hydrogen) atoms. The molecule has 2 aliphatic rings. The van der Waals surface area contributed by atoms with Gasteiger partial charge in [0.05, 0.1) is 0 Å². The van der Waals surface area contributed by atoms with Crippen molar-refractivity contribution in [3.8, 4) is 22.3 Å². The van der Waals surface area contributed by atoms with Crippen LogP contribution in [-0.4, -0.2) is 6.88 Å². The molecule has 0 fully saturated rings. The van der Waals surface area contributed by atoms with Crippen molar-refractivity contribution in [2.45, 2.75) is 16.5 Å². The van der Waals surface area contributed by atoms with Crippen LogP contribution < -0.4 is 0 Å². The molecule has 0 amide bonds. The molecule has 0 bridgehead atoms. The standard InChI is InChI=1S/2C15H11.2CH3.2ClH.H2Si.Zr/c2*1-2-6-12(7-3-1)14-10-4-8-13-9-5-11-15(13)14;;;;;;/h2*1-11H;2*1H3;2*1H;1H2;. The minimum atomic E-state index is -3.35. The van der Waals surface area contributed by atoms with Gasteiger partial charge in [-0.25, -0.2) is 0 Å². The molecule has 2 unspecified atom stereocenters. The Morgan fingerprint density at radius 3 is 1.31 bits per heavy atom. The maximum atomic E-state index is 2.68. The van der Waals surface area contributed by atoms with Gasteiger partial charge in [0.25, 0.3) is 0 Å². The molecule has 2 atom stereocenters. The van der Waals surface area contributed by atoms with Crippen LogP contribution in [0.4, 0.5) is 0 Å². The van der Waals surface area contributed by atoms with Crippen molar-refractivity contribution in [1.29, 1.82) is 0 Å². The second-order valence-electron chi connectivity index (χ2n) is 11.0. The van der Waals surface area contributed by atoms with Gasteiger partial charge in [0.2, 0.25) is 0 Å². The van der Waals surface area contributed by atoms with Gasteiger partial charge in [-0.15, -0.1) is 24.8 Å². The average molecular weight is 607 g/mol. The predicted octanol–water partition coefficient (Wildman–Crippen LogP) is 9.03. The number of hydrogen-bond donors (Lipinski definition) is 0. The fourth-order valence-electron chi connectivity index (χ4n) is 6.26. The van der Waals surface area contributed by atoms with Gasteiger partial charge in [-0.2, -0.15) is 0 Å². The number of fused-ring (bicyclic) bond motifs is 2. The Bertz CT molecular complexity index is 1420. The first-order valence-electron chi connectivity index (χ1n) is 12.2. The van der Waals surface area contributed by atoms with Crippen molar-refractivity contribution in [3.63, 3.8) is 0 Å². The molecule has 0 radical (unpaired) electrons. The molecular weight excluding hydrogens is 575 g/mol. The first-order valence-corrected chi connectivity index (χ1v) is 25.9.